The molecule has 18 heavy (non-hydrogen) atoms. The van der Waals surface area contributed by atoms with Crippen LogP contribution < -0.4 is 0 Å². The van der Waals surface area contributed by atoms with Gasteiger partial charge in [0.15, 0.2) is 0 Å². The predicted molar refractivity (Wildman–Crippen MR) is 84.3 cm³/mol. The van der Waals surface area contributed by atoms with E-state index in [-0.39, 0.29) is 0 Å². The molecule has 1 unspecified atom stereocenters. The summed E-state index contributed by atoms with van der Waals surface area (Å²) >= 11 is 14.1. The van der Waals surface area contributed by atoms with Crippen molar-refractivity contribution in [3.05, 3.63) is 67.2 Å². The van der Waals surface area contributed by atoms with Gasteiger partial charge in [0, 0.05) is 15.0 Å². The van der Waals surface area contributed by atoms with E-state index in [1.807, 2.05) is 36.4 Å². The van der Waals surface area contributed by atoms with Crippen molar-refractivity contribution in [2.45, 2.75) is 12.5 Å². The molecule has 0 fully saturated rings. The van der Waals surface area contributed by atoms with Gasteiger partial charge in [-0.15, -0.1) is 0 Å². The van der Waals surface area contributed by atoms with Gasteiger partial charge in [-0.2, -0.15) is 0 Å². The number of rotatable bonds is 3. The van der Waals surface area contributed by atoms with Crippen LogP contribution in [-0.2, 0) is 6.42 Å². The second kappa shape index (κ2) is 6.24. The molecule has 0 aromatic heterocycles. The van der Waals surface area contributed by atoms with Gasteiger partial charge in [0.25, 0.3) is 0 Å². The minimum absolute atomic E-state index is 0.525. The van der Waals surface area contributed by atoms with Crippen molar-refractivity contribution in [1.82, 2.24) is 0 Å². The highest BCUT2D eigenvalue weighted by Crippen LogP contribution is 2.25. The second-order valence-electron chi connectivity index (χ2n) is 4.02. The predicted octanol–water partition coefficient (Wildman–Crippen LogP) is 4.87. The van der Waals surface area contributed by atoms with Gasteiger partial charge < -0.3 is 5.11 Å². The monoisotopic (exact) mass is 392 g/mol. The summed E-state index contributed by atoms with van der Waals surface area (Å²) in [5.74, 6) is 0. The van der Waals surface area contributed by atoms with Gasteiger partial charge in [-0.1, -0.05) is 41.4 Å². The van der Waals surface area contributed by atoms with Gasteiger partial charge in [-0.25, -0.2) is 0 Å². The highest BCUT2D eigenvalue weighted by Gasteiger charge is 2.10. The molecule has 0 radical (unpaired) electrons. The summed E-state index contributed by atoms with van der Waals surface area (Å²) < 4.78 is 0.980. The van der Waals surface area contributed by atoms with Crippen LogP contribution in [0.2, 0.25) is 10.0 Å². The minimum atomic E-state index is -0.571. The van der Waals surface area contributed by atoms with Gasteiger partial charge >= 0.3 is 0 Å². The zero-order valence-corrected chi connectivity index (χ0v) is 13.1. The average molecular weight is 393 g/mol. The van der Waals surface area contributed by atoms with Crippen LogP contribution in [-0.4, -0.2) is 5.11 Å². The Morgan fingerprint density at radius 3 is 2.56 bits per heavy atom. The Bertz CT molecular complexity index is 557. The molecule has 2 rings (SSSR count). The SMILES string of the molecule is OC(Cc1cccc(Cl)c1)c1ccc(I)c(Cl)c1. The van der Waals surface area contributed by atoms with Crippen molar-refractivity contribution >= 4 is 45.8 Å². The Morgan fingerprint density at radius 2 is 1.89 bits per heavy atom. The van der Waals surface area contributed by atoms with E-state index in [2.05, 4.69) is 22.6 Å². The zero-order chi connectivity index (χ0) is 13.1. The van der Waals surface area contributed by atoms with Crippen molar-refractivity contribution < 1.29 is 5.11 Å². The first kappa shape index (κ1) is 14.1. The summed E-state index contributed by atoms with van der Waals surface area (Å²) in [6.07, 6.45) is -0.0460. The molecule has 0 heterocycles. The summed E-state index contributed by atoms with van der Waals surface area (Å²) in [7, 11) is 0. The van der Waals surface area contributed by atoms with E-state index in [9.17, 15) is 5.11 Å². The van der Waals surface area contributed by atoms with Gasteiger partial charge in [0.05, 0.1) is 11.1 Å². The molecule has 4 heteroatoms. The van der Waals surface area contributed by atoms with E-state index in [1.54, 1.807) is 6.07 Å². The number of halogens is 3. The maximum atomic E-state index is 10.2. The van der Waals surface area contributed by atoms with Crippen molar-refractivity contribution in [2.24, 2.45) is 0 Å². The van der Waals surface area contributed by atoms with Crippen molar-refractivity contribution in [3.63, 3.8) is 0 Å². The standard InChI is InChI=1S/C14H11Cl2IO/c15-11-3-1-2-9(6-11)7-14(18)10-4-5-13(17)12(16)8-10/h1-6,8,14,18H,7H2. The Kier molecular flexibility index (Phi) is 4.90. The highest BCUT2D eigenvalue weighted by molar-refractivity contribution is 14.1. The molecule has 2 aromatic carbocycles. The zero-order valence-electron chi connectivity index (χ0n) is 9.41. The molecule has 1 nitrogen and oxygen atoms in total. The van der Waals surface area contributed by atoms with Gasteiger partial charge in [-0.05, 0) is 58.0 Å². The molecule has 0 aliphatic heterocycles. The normalized spacial score (nSPS) is 12.4. The van der Waals surface area contributed by atoms with E-state index >= 15 is 0 Å². The lowest BCUT2D eigenvalue weighted by atomic mass is 10.0. The van der Waals surface area contributed by atoms with Gasteiger partial charge in [-0.3, -0.25) is 0 Å². The molecule has 94 valence electrons. The third-order valence-corrected chi connectivity index (χ3v) is 4.45. The lowest BCUT2D eigenvalue weighted by Crippen LogP contribution is -2.02. The first-order valence-electron chi connectivity index (χ1n) is 5.44. The third kappa shape index (κ3) is 3.60. The summed E-state index contributed by atoms with van der Waals surface area (Å²) in [5.41, 5.74) is 1.82. The lowest BCUT2D eigenvalue weighted by molar-refractivity contribution is 0.178. The molecule has 0 spiro atoms. The first-order valence-corrected chi connectivity index (χ1v) is 7.27. The van der Waals surface area contributed by atoms with Crippen LogP contribution in [0.25, 0.3) is 0 Å². The van der Waals surface area contributed by atoms with Gasteiger partial charge in [0.2, 0.25) is 0 Å². The molecule has 0 amide bonds. The quantitative estimate of drug-likeness (QED) is 0.738. The van der Waals surface area contributed by atoms with E-state index in [4.69, 9.17) is 23.2 Å². The summed E-state index contributed by atoms with van der Waals surface area (Å²) in [6, 6.07) is 13.1. The molecule has 0 bridgehead atoms. The van der Waals surface area contributed by atoms with E-state index < -0.39 is 6.10 Å². The minimum Gasteiger partial charge on any atom is -0.388 e. The molecule has 1 atom stereocenters. The van der Waals surface area contributed by atoms with Crippen LogP contribution in [0, 0.1) is 3.57 Å². The first-order chi connectivity index (χ1) is 8.56. The number of hydrogen-bond acceptors (Lipinski definition) is 1. The van der Waals surface area contributed by atoms with Crippen LogP contribution in [0.15, 0.2) is 42.5 Å². The fraction of sp³-hybridized carbons (Fsp3) is 0.143. The van der Waals surface area contributed by atoms with Crippen LogP contribution in [0.4, 0.5) is 0 Å². The van der Waals surface area contributed by atoms with E-state index in [0.29, 0.717) is 16.5 Å². The largest absolute Gasteiger partial charge is 0.388 e. The number of aliphatic hydroxyl groups is 1. The molecule has 0 aliphatic carbocycles. The number of benzene rings is 2. The smallest absolute Gasteiger partial charge is 0.0830 e. The topological polar surface area (TPSA) is 20.2 Å². The average Bonchev–Trinajstić information content (AvgIpc) is 2.32. The van der Waals surface area contributed by atoms with E-state index in [1.165, 1.54) is 0 Å². The summed E-state index contributed by atoms with van der Waals surface area (Å²) in [6.45, 7) is 0. The Balaban J connectivity index is 2.16. The fourth-order valence-electron chi connectivity index (χ4n) is 1.72. The van der Waals surface area contributed by atoms with Crippen molar-refractivity contribution in [3.8, 4) is 0 Å². The van der Waals surface area contributed by atoms with Crippen LogP contribution in [0.3, 0.4) is 0 Å². The van der Waals surface area contributed by atoms with E-state index in [0.717, 1.165) is 14.7 Å². The second-order valence-corrected chi connectivity index (χ2v) is 6.03. The van der Waals surface area contributed by atoms with Crippen molar-refractivity contribution in [1.29, 1.82) is 0 Å². The summed E-state index contributed by atoms with van der Waals surface area (Å²) in [5, 5.41) is 11.5. The molecule has 1 N–H and O–H groups in total. The fourth-order valence-corrected chi connectivity index (χ4v) is 2.46. The van der Waals surface area contributed by atoms with Crippen LogP contribution in [0.5, 0.6) is 0 Å². The molecule has 0 saturated carbocycles. The number of hydrogen-bond donors (Lipinski definition) is 1. The molecular formula is C14H11Cl2IO. The van der Waals surface area contributed by atoms with Crippen LogP contribution in [0.1, 0.15) is 17.2 Å². The maximum Gasteiger partial charge on any atom is 0.0830 e. The van der Waals surface area contributed by atoms with Gasteiger partial charge in [0.1, 0.15) is 0 Å². The number of aliphatic hydroxyl groups excluding tert-OH is 1. The highest BCUT2D eigenvalue weighted by atomic mass is 127. The molecule has 0 saturated heterocycles. The molecule has 2 aromatic rings. The van der Waals surface area contributed by atoms with Crippen molar-refractivity contribution in [2.75, 3.05) is 0 Å². The third-order valence-electron chi connectivity index (χ3n) is 2.65. The van der Waals surface area contributed by atoms with Crippen LogP contribution >= 0.6 is 45.8 Å². The lowest BCUT2D eigenvalue weighted by Gasteiger charge is -2.12. The Hall–Kier alpha value is -0.290. The Labute approximate surface area is 130 Å². The molecular weight excluding hydrogens is 382 g/mol. The Morgan fingerprint density at radius 1 is 1.11 bits per heavy atom. The molecule has 0 aliphatic rings. The summed E-state index contributed by atoms with van der Waals surface area (Å²) in [4.78, 5) is 0. The maximum absolute atomic E-state index is 10.2.